The van der Waals surface area contributed by atoms with E-state index in [1.165, 1.54) is 20.2 Å². The summed E-state index contributed by atoms with van der Waals surface area (Å²) in [5, 5.41) is 2.54. The molecule has 5 rings (SSSR count). The highest BCUT2D eigenvalue weighted by Gasteiger charge is 2.11. The lowest BCUT2D eigenvalue weighted by Gasteiger charge is -1.91. The lowest BCUT2D eigenvalue weighted by molar-refractivity contribution is 0.620. The Bertz CT molecular complexity index is 1120. The monoisotopic (exact) mass is 301 g/mol. The number of benzene rings is 3. The number of nitrogens with zero attached hydrogens (tertiary/aromatic N) is 1. The Morgan fingerprint density at radius 1 is 0.773 bits per heavy atom. The second-order valence-corrected chi connectivity index (χ2v) is 6.38. The zero-order valence-corrected chi connectivity index (χ0v) is 12.4. The van der Waals surface area contributed by atoms with Gasteiger partial charge in [-0.15, -0.1) is 11.3 Å². The van der Waals surface area contributed by atoms with Crippen molar-refractivity contribution in [3.8, 4) is 11.5 Å². The summed E-state index contributed by atoms with van der Waals surface area (Å²) < 4.78 is 8.49. The fraction of sp³-hybridized carbons (Fsp3) is 0. The topological polar surface area (TPSA) is 26.0 Å². The largest absolute Gasteiger partial charge is 0.436 e. The molecule has 0 bridgehead atoms. The van der Waals surface area contributed by atoms with Crippen LogP contribution < -0.4 is 0 Å². The van der Waals surface area contributed by atoms with Crippen LogP contribution in [0.2, 0.25) is 0 Å². The molecule has 104 valence electrons. The summed E-state index contributed by atoms with van der Waals surface area (Å²) in [4.78, 5) is 4.66. The Morgan fingerprint density at radius 2 is 1.59 bits per heavy atom. The number of fused-ring (bicyclic) bond motifs is 4. The van der Waals surface area contributed by atoms with Crippen molar-refractivity contribution in [2.24, 2.45) is 0 Å². The maximum atomic E-state index is 5.95. The van der Waals surface area contributed by atoms with E-state index in [2.05, 4.69) is 41.4 Å². The molecule has 0 unspecified atom stereocenters. The molecule has 2 heterocycles. The summed E-state index contributed by atoms with van der Waals surface area (Å²) in [7, 11) is 0. The van der Waals surface area contributed by atoms with Crippen molar-refractivity contribution in [1.82, 2.24) is 4.98 Å². The first-order valence-electron chi connectivity index (χ1n) is 7.16. The predicted molar refractivity (Wildman–Crippen MR) is 92.3 cm³/mol. The van der Waals surface area contributed by atoms with Crippen LogP contribution in [0.4, 0.5) is 0 Å². The molecule has 0 saturated carbocycles. The smallest absolute Gasteiger partial charge is 0.227 e. The van der Waals surface area contributed by atoms with Gasteiger partial charge in [0.05, 0.1) is 0 Å². The van der Waals surface area contributed by atoms with E-state index in [0.29, 0.717) is 5.89 Å². The van der Waals surface area contributed by atoms with Crippen molar-refractivity contribution in [3.63, 3.8) is 0 Å². The summed E-state index contributed by atoms with van der Waals surface area (Å²) in [6.45, 7) is 0. The molecule has 0 aliphatic heterocycles. The Balaban J connectivity index is 1.81. The molecular formula is C19H11NOS. The third-order valence-corrected chi connectivity index (χ3v) is 5.04. The Labute approximate surface area is 130 Å². The van der Waals surface area contributed by atoms with E-state index in [-0.39, 0.29) is 0 Å². The quantitative estimate of drug-likeness (QED) is 0.387. The molecular weight excluding hydrogens is 290 g/mol. The molecule has 0 N–H and O–H groups in total. The molecule has 2 aromatic heterocycles. The van der Waals surface area contributed by atoms with Crippen molar-refractivity contribution in [2.45, 2.75) is 0 Å². The van der Waals surface area contributed by atoms with Gasteiger partial charge < -0.3 is 4.42 Å². The highest BCUT2D eigenvalue weighted by molar-refractivity contribution is 7.25. The van der Waals surface area contributed by atoms with Gasteiger partial charge in [0.15, 0.2) is 5.58 Å². The minimum absolute atomic E-state index is 0.678. The number of rotatable bonds is 1. The van der Waals surface area contributed by atoms with Crippen molar-refractivity contribution >= 4 is 42.6 Å². The van der Waals surface area contributed by atoms with Gasteiger partial charge in [0.25, 0.3) is 0 Å². The second kappa shape index (κ2) is 4.42. The van der Waals surface area contributed by atoms with Crippen molar-refractivity contribution < 1.29 is 4.42 Å². The Kier molecular flexibility index (Phi) is 2.40. The number of hydrogen-bond acceptors (Lipinski definition) is 3. The van der Waals surface area contributed by atoms with Gasteiger partial charge in [0.2, 0.25) is 5.89 Å². The second-order valence-electron chi connectivity index (χ2n) is 5.30. The van der Waals surface area contributed by atoms with Crippen LogP contribution >= 0.6 is 11.3 Å². The molecule has 0 radical (unpaired) electrons. The molecule has 3 heteroatoms. The normalized spacial score (nSPS) is 11.6. The van der Waals surface area contributed by atoms with Gasteiger partial charge in [-0.2, -0.15) is 0 Å². The van der Waals surface area contributed by atoms with E-state index in [9.17, 15) is 0 Å². The number of aromatic nitrogens is 1. The summed E-state index contributed by atoms with van der Waals surface area (Å²) in [6.07, 6.45) is 0. The molecule has 0 saturated heterocycles. The lowest BCUT2D eigenvalue weighted by Crippen LogP contribution is -1.74. The van der Waals surface area contributed by atoms with Crippen LogP contribution in [-0.4, -0.2) is 4.98 Å². The van der Waals surface area contributed by atoms with Crippen LogP contribution in [-0.2, 0) is 0 Å². The molecule has 0 atom stereocenters. The van der Waals surface area contributed by atoms with E-state index in [1.54, 1.807) is 11.3 Å². The van der Waals surface area contributed by atoms with Gasteiger partial charge in [-0.3, -0.25) is 0 Å². The first kappa shape index (κ1) is 12.0. The molecule has 3 aromatic carbocycles. The fourth-order valence-corrected chi connectivity index (χ4v) is 3.97. The third-order valence-electron chi connectivity index (χ3n) is 3.91. The Hall–Kier alpha value is -2.65. The van der Waals surface area contributed by atoms with Gasteiger partial charge in [-0.05, 0) is 24.3 Å². The average Bonchev–Trinajstić information content (AvgIpc) is 3.14. The lowest BCUT2D eigenvalue weighted by atomic mass is 10.1. The predicted octanol–water partition coefficient (Wildman–Crippen LogP) is 5.86. The molecule has 5 aromatic rings. The molecule has 22 heavy (non-hydrogen) atoms. The molecule has 0 aliphatic carbocycles. The van der Waals surface area contributed by atoms with Crippen LogP contribution in [0.3, 0.4) is 0 Å². The van der Waals surface area contributed by atoms with Crippen molar-refractivity contribution in [1.29, 1.82) is 0 Å². The van der Waals surface area contributed by atoms with Gasteiger partial charge in [0, 0.05) is 31.8 Å². The molecule has 2 nitrogen and oxygen atoms in total. The standard InChI is InChI=1S/C19H11NOS/c1-2-6-12(7-3-1)19-20-15-10-14-13-8-4-5-9-17(13)22-18(14)11-16(15)21-19/h1-11H. The number of oxazole rings is 1. The molecule has 0 spiro atoms. The van der Waals surface area contributed by atoms with Gasteiger partial charge >= 0.3 is 0 Å². The third kappa shape index (κ3) is 1.69. The summed E-state index contributed by atoms with van der Waals surface area (Å²) in [5.41, 5.74) is 2.76. The Morgan fingerprint density at radius 3 is 2.50 bits per heavy atom. The number of thiophene rings is 1. The molecule has 0 fully saturated rings. The summed E-state index contributed by atoms with van der Waals surface area (Å²) in [6, 6.07) is 22.7. The fourth-order valence-electron chi connectivity index (χ4n) is 2.85. The zero-order valence-electron chi connectivity index (χ0n) is 11.6. The van der Waals surface area contributed by atoms with E-state index >= 15 is 0 Å². The van der Waals surface area contributed by atoms with Gasteiger partial charge in [-0.25, -0.2) is 4.98 Å². The van der Waals surface area contributed by atoms with Crippen molar-refractivity contribution in [3.05, 3.63) is 66.7 Å². The molecule has 0 aliphatic rings. The summed E-state index contributed by atoms with van der Waals surface area (Å²) in [5.74, 6) is 0.678. The zero-order chi connectivity index (χ0) is 14.5. The SMILES string of the molecule is c1ccc(-c2nc3cc4c(cc3o2)sc2ccccc24)cc1. The van der Waals surface area contributed by atoms with Crippen LogP contribution in [0.25, 0.3) is 42.7 Å². The highest BCUT2D eigenvalue weighted by Crippen LogP contribution is 2.37. The number of hydrogen-bond donors (Lipinski definition) is 0. The first-order chi connectivity index (χ1) is 10.9. The van der Waals surface area contributed by atoms with E-state index < -0.39 is 0 Å². The van der Waals surface area contributed by atoms with Gasteiger partial charge in [0.1, 0.15) is 5.52 Å². The minimum Gasteiger partial charge on any atom is -0.436 e. The van der Waals surface area contributed by atoms with Gasteiger partial charge in [-0.1, -0.05) is 36.4 Å². The molecule has 0 amide bonds. The first-order valence-corrected chi connectivity index (χ1v) is 7.97. The highest BCUT2D eigenvalue weighted by atomic mass is 32.1. The average molecular weight is 301 g/mol. The minimum atomic E-state index is 0.678. The maximum Gasteiger partial charge on any atom is 0.227 e. The summed E-state index contributed by atoms with van der Waals surface area (Å²) >= 11 is 1.79. The van der Waals surface area contributed by atoms with Crippen LogP contribution in [0.15, 0.2) is 71.1 Å². The van der Waals surface area contributed by atoms with Crippen LogP contribution in [0.5, 0.6) is 0 Å². The van der Waals surface area contributed by atoms with E-state index in [1.807, 2.05) is 30.3 Å². The van der Waals surface area contributed by atoms with Crippen molar-refractivity contribution in [2.75, 3.05) is 0 Å². The van der Waals surface area contributed by atoms with E-state index in [0.717, 1.165) is 16.7 Å². The van der Waals surface area contributed by atoms with Crippen LogP contribution in [0.1, 0.15) is 0 Å². The van der Waals surface area contributed by atoms with E-state index in [4.69, 9.17) is 4.42 Å². The maximum absolute atomic E-state index is 5.95. The van der Waals surface area contributed by atoms with Crippen LogP contribution in [0, 0.1) is 0 Å².